The van der Waals surface area contributed by atoms with Gasteiger partial charge in [0.25, 0.3) is 5.91 Å². The number of anilines is 1. The number of alkyl halides is 3. The van der Waals surface area contributed by atoms with Crippen LogP contribution in [-0.2, 0) is 12.7 Å². The molecule has 1 amide bonds. The molecule has 0 aliphatic heterocycles. The van der Waals surface area contributed by atoms with Gasteiger partial charge in [-0.15, -0.1) is 0 Å². The van der Waals surface area contributed by atoms with Gasteiger partial charge in [0.15, 0.2) is 0 Å². The second-order valence-corrected chi connectivity index (χ2v) is 4.32. The lowest BCUT2D eigenvalue weighted by molar-refractivity contribution is -0.136. The highest BCUT2D eigenvalue weighted by molar-refractivity contribution is 5.94. The van der Waals surface area contributed by atoms with Crippen LogP contribution in [0, 0.1) is 0 Å². The van der Waals surface area contributed by atoms with Crippen molar-refractivity contribution in [3.05, 3.63) is 47.8 Å². The molecule has 1 aromatic carbocycles. The van der Waals surface area contributed by atoms with Gasteiger partial charge in [-0.1, -0.05) is 0 Å². The van der Waals surface area contributed by atoms with Crippen molar-refractivity contribution >= 4 is 11.6 Å². The number of benzene rings is 1. The maximum absolute atomic E-state index is 12.7. The number of rotatable bonds is 4. The van der Waals surface area contributed by atoms with E-state index in [1.54, 1.807) is 23.1 Å². The first-order valence-electron chi connectivity index (χ1n) is 6.10. The zero-order valence-corrected chi connectivity index (χ0v) is 10.9. The molecule has 2 rings (SSSR count). The zero-order chi connectivity index (χ0) is 15.5. The summed E-state index contributed by atoms with van der Waals surface area (Å²) in [5.74, 6) is -0.590. The van der Waals surface area contributed by atoms with E-state index in [0.29, 0.717) is 6.54 Å². The summed E-state index contributed by atoms with van der Waals surface area (Å²) in [6, 6.07) is 4.81. The molecule has 5 nitrogen and oxygen atoms in total. The first-order valence-corrected chi connectivity index (χ1v) is 6.10. The molecule has 0 bridgehead atoms. The van der Waals surface area contributed by atoms with Crippen molar-refractivity contribution in [3.8, 4) is 0 Å². The van der Waals surface area contributed by atoms with E-state index >= 15 is 0 Å². The molecule has 1 heterocycles. The van der Waals surface area contributed by atoms with E-state index in [1.165, 1.54) is 6.07 Å². The van der Waals surface area contributed by atoms with Gasteiger partial charge >= 0.3 is 6.18 Å². The maximum Gasteiger partial charge on any atom is 0.418 e. The van der Waals surface area contributed by atoms with Crippen LogP contribution >= 0.6 is 0 Å². The molecule has 0 saturated heterocycles. The first-order chi connectivity index (χ1) is 9.88. The lowest BCUT2D eigenvalue weighted by Gasteiger charge is -2.12. The fraction of sp³-hybridized carbons (Fsp3) is 0.231. The van der Waals surface area contributed by atoms with Crippen molar-refractivity contribution in [1.82, 2.24) is 15.1 Å². The summed E-state index contributed by atoms with van der Waals surface area (Å²) in [6.45, 7) is 0.687. The number of hydrogen-bond donors (Lipinski definition) is 2. The summed E-state index contributed by atoms with van der Waals surface area (Å²) in [5.41, 5.74) is 3.77. The van der Waals surface area contributed by atoms with Gasteiger partial charge in [0.05, 0.1) is 12.1 Å². The first kappa shape index (κ1) is 14.9. The Labute approximate surface area is 118 Å². The van der Waals surface area contributed by atoms with Crippen molar-refractivity contribution in [2.24, 2.45) is 0 Å². The summed E-state index contributed by atoms with van der Waals surface area (Å²) in [7, 11) is 0. The van der Waals surface area contributed by atoms with Gasteiger partial charge in [0, 0.05) is 30.2 Å². The number of hydrogen-bond acceptors (Lipinski definition) is 3. The van der Waals surface area contributed by atoms with Gasteiger partial charge in [-0.25, -0.2) is 0 Å². The quantitative estimate of drug-likeness (QED) is 0.847. The molecule has 21 heavy (non-hydrogen) atoms. The van der Waals surface area contributed by atoms with Crippen LogP contribution in [0.1, 0.15) is 15.9 Å². The minimum absolute atomic E-state index is 0.0861. The number of nitrogens with zero attached hydrogens (tertiary/aromatic N) is 2. The molecule has 0 saturated carbocycles. The summed E-state index contributed by atoms with van der Waals surface area (Å²) in [5, 5.41) is 6.47. The van der Waals surface area contributed by atoms with E-state index in [-0.39, 0.29) is 12.1 Å². The Hall–Kier alpha value is -2.51. The van der Waals surface area contributed by atoms with Crippen molar-refractivity contribution in [2.75, 3.05) is 12.3 Å². The summed E-state index contributed by atoms with van der Waals surface area (Å²) in [4.78, 5) is 11.8. The minimum atomic E-state index is -4.59. The predicted octanol–water partition coefficient (Wildman–Crippen LogP) is 1.91. The van der Waals surface area contributed by atoms with E-state index in [4.69, 9.17) is 5.73 Å². The molecule has 0 aliphatic carbocycles. The normalized spacial score (nSPS) is 11.4. The molecule has 3 N–H and O–H groups in total. The smallest absolute Gasteiger partial charge is 0.398 e. The Bertz CT molecular complexity index is 623. The summed E-state index contributed by atoms with van der Waals surface area (Å²) < 4.78 is 39.7. The van der Waals surface area contributed by atoms with E-state index in [9.17, 15) is 18.0 Å². The third-order valence-electron chi connectivity index (χ3n) is 2.81. The highest BCUT2D eigenvalue weighted by Crippen LogP contribution is 2.33. The topological polar surface area (TPSA) is 72.9 Å². The lowest BCUT2D eigenvalue weighted by atomic mass is 10.1. The predicted molar refractivity (Wildman–Crippen MR) is 70.4 cm³/mol. The van der Waals surface area contributed by atoms with Gasteiger partial charge in [-0.2, -0.15) is 18.3 Å². The van der Waals surface area contributed by atoms with Gasteiger partial charge in [-0.3, -0.25) is 9.48 Å². The van der Waals surface area contributed by atoms with Gasteiger partial charge in [0.2, 0.25) is 0 Å². The summed E-state index contributed by atoms with van der Waals surface area (Å²) in [6.07, 6.45) is -1.27. The fourth-order valence-electron chi connectivity index (χ4n) is 1.76. The number of nitrogens with two attached hydrogens (primary N) is 1. The monoisotopic (exact) mass is 298 g/mol. The maximum atomic E-state index is 12.7. The standard InChI is InChI=1S/C13H13F3N4O/c14-13(15,16)10-8-9(2-3-11(10)17)12(21)18-5-7-20-6-1-4-19-20/h1-4,6,8H,5,7,17H2,(H,18,21). The van der Waals surface area contributed by atoms with Crippen LogP contribution in [-0.4, -0.2) is 22.2 Å². The number of halogens is 3. The van der Waals surface area contributed by atoms with Crippen LogP contribution in [0.3, 0.4) is 0 Å². The van der Waals surface area contributed by atoms with Crippen LogP contribution in [0.2, 0.25) is 0 Å². The van der Waals surface area contributed by atoms with E-state index < -0.39 is 23.3 Å². The molecule has 0 atom stereocenters. The van der Waals surface area contributed by atoms with Gasteiger partial charge < -0.3 is 11.1 Å². The molecule has 0 unspecified atom stereocenters. The van der Waals surface area contributed by atoms with Crippen molar-refractivity contribution < 1.29 is 18.0 Å². The van der Waals surface area contributed by atoms with Crippen LogP contribution in [0.15, 0.2) is 36.7 Å². The Kier molecular flexibility index (Phi) is 4.15. The number of amides is 1. The molecule has 1 aromatic heterocycles. The number of carbonyl (C=O) groups excluding carboxylic acids is 1. The third kappa shape index (κ3) is 3.74. The number of aromatic nitrogens is 2. The molecular formula is C13H13F3N4O. The number of nitrogens with one attached hydrogen (secondary N) is 1. The van der Waals surface area contributed by atoms with Crippen LogP contribution in [0.5, 0.6) is 0 Å². The van der Waals surface area contributed by atoms with Gasteiger partial charge in [0.1, 0.15) is 0 Å². The zero-order valence-electron chi connectivity index (χ0n) is 10.9. The van der Waals surface area contributed by atoms with E-state index in [1.807, 2.05) is 0 Å². The van der Waals surface area contributed by atoms with E-state index in [0.717, 1.165) is 12.1 Å². The number of carbonyl (C=O) groups is 1. The van der Waals surface area contributed by atoms with Gasteiger partial charge in [-0.05, 0) is 24.3 Å². The highest BCUT2D eigenvalue weighted by atomic mass is 19.4. The fourth-order valence-corrected chi connectivity index (χ4v) is 1.76. The highest BCUT2D eigenvalue weighted by Gasteiger charge is 2.33. The lowest BCUT2D eigenvalue weighted by Crippen LogP contribution is -2.27. The minimum Gasteiger partial charge on any atom is -0.398 e. The van der Waals surface area contributed by atoms with Crippen LogP contribution < -0.4 is 11.1 Å². The Balaban J connectivity index is 2.02. The van der Waals surface area contributed by atoms with E-state index in [2.05, 4.69) is 10.4 Å². The van der Waals surface area contributed by atoms with Crippen molar-refractivity contribution in [2.45, 2.75) is 12.7 Å². The Morgan fingerprint density at radius 1 is 1.38 bits per heavy atom. The molecule has 0 aliphatic rings. The number of nitrogen functional groups attached to an aromatic ring is 1. The molecule has 0 radical (unpaired) electrons. The van der Waals surface area contributed by atoms with Crippen LogP contribution in [0.4, 0.5) is 18.9 Å². The van der Waals surface area contributed by atoms with Crippen molar-refractivity contribution in [3.63, 3.8) is 0 Å². The molecule has 8 heteroatoms. The Morgan fingerprint density at radius 3 is 2.76 bits per heavy atom. The van der Waals surface area contributed by atoms with Crippen molar-refractivity contribution in [1.29, 1.82) is 0 Å². The largest absolute Gasteiger partial charge is 0.418 e. The second-order valence-electron chi connectivity index (χ2n) is 4.32. The molecule has 2 aromatic rings. The average molecular weight is 298 g/mol. The molecule has 0 fully saturated rings. The average Bonchev–Trinajstić information content (AvgIpc) is 2.91. The van der Waals surface area contributed by atoms with Crippen LogP contribution in [0.25, 0.3) is 0 Å². The molecule has 0 spiro atoms. The molecular weight excluding hydrogens is 285 g/mol. The summed E-state index contributed by atoms with van der Waals surface area (Å²) >= 11 is 0. The second kappa shape index (κ2) is 5.86. The molecule has 112 valence electrons. The third-order valence-corrected chi connectivity index (χ3v) is 2.81. The SMILES string of the molecule is Nc1ccc(C(=O)NCCn2cccn2)cc1C(F)(F)F. The Morgan fingerprint density at radius 2 is 2.14 bits per heavy atom.